The summed E-state index contributed by atoms with van der Waals surface area (Å²) >= 11 is 0. The van der Waals surface area contributed by atoms with Gasteiger partial charge in [0.25, 0.3) is 0 Å². The number of aryl methyl sites for hydroxylation is 1. The quantitative estimate of drug-likeness (QED) is 0.812. The van der Waals surface area contributed by atoms with Crippen molar-refractivity contribution in [1.82, 2.24) is 5.32 Å². The lowest BCUT2D eigenvalue weighted by Gasteiger charge is -2.25. The zero-order chi connectivity index (χ0) is 15.9. The largest absolute Gasteiger partial charge is 0.497 e. The van der Waals surface area contributed by atoms with Gasteiger partial charge in [-0.05, 0) is 36.0 Å². The summed E-state index contributed by atoms with van der Waals surface area (Å²) in [5, 5.41) is 12.7. The van der Waals surface area contributed by atoms with Crippen molar-refractivity contribution in [2.24, 2.45) is 5.41 Å². The minimum atomic E-state index is -0.403. The van der Waals surface area contributed by atoms with E-state index >= 15 is 0 Å². The second-order valence-electron chi connectivity index (χ2n) is 6.37. The first-order chi connectivity index (χ1) is 9.82. The molecule has 1 atom stereocenters. The van der Waals surface area contributed by atoms with Crippen molar-refractivity contribution in [3.8, 4) is 5.75 Å². The van der Waals surface area contributed by atoms with Crippen molar-refractivity contribution in [3.05, 3.63) is 29.8 Å². The number of aliphatic hydroxyl groups is 1. The molecule has 0 heterocycles. The molecule has 4 nitrogen and oxygen atoms in total. The van der Waals surface area contributed by atoms with Gasteiger partial charge in [-0.3, -0.25) is 4.79 Å². The summed E-state index contributed by atoms with van der Waals surface area (Å²) in [6.45, 7) is 6.48. The van der Waals surface area contributed by atoms with E-state index in [0.717, 1.165) is 11.3 Å². The van der Waals surface area contributed by atoms with Gasteiger partial charge in [0.15, 0.2) is 0 Å². The van der Waals surface area contributed by atoms with Gasteiger partial charge in [-0.1, -0.05) is 32.9 Å². The number of carbonyl (C=O) groups excluding carboxylic acids is 1. The van der Waals surface area contributed by atoms with Gasteiger partial charge in [0.2, 0.25) is 5.91 Å². The van der Waals surface area contributed by atoms with Gasteiger partial charge in [0.05, 0.1) is 13.2 Å². The van der Waals surface area contributed by atoms with Crippen LogP contribution in [0.3, 0.4) is 0 Å². The molecule has 1 aromatic carbocycles. The number of ether oxygens (including phenoxy) is 1. The van der Waals surface area contributed by atoms with Gasteiger partial charge in [0.1, 0.15) is 5.75 Å². The predicted molar refractivity (Wildman–Crippen MR) is 84.4 cm³/mol. The van der Waals surface area contributed by atoms with E-state index < -0.39 is 6.10 Å². The fraction of sp³-hybridized carbons (Fsp3) is 0.588. The van der Waals surface area contributed by atoms with E-state index in [4.69, 9.17) is 4.74 Å². The minimum absolute atomic E-state index is 0.0203. The van der Waals surface area contributed by atoms with E-state index in [1.807, 2.05) is 45.0 Å². The molecule has 0 saturated heterocycles. The smallest absolute Gasteiger partial charge is 0.220 e. The zero-order valence-corrected chi connectivity index (χ0v) is 13.5. The highest BCUT2D eigenvalue weighted by Crippen LogP contribution is 2.20. The first-order valence-electron chi connectivity index (χ1n) is 7.40. The molecule has 0 aliphatic heterocycles. The Kier molecular flexibility index (Phi) is 6.69. The minimum Gasteiger partial charge on any atom is -0.497 e. The molecule has 0 radical (unpaired) electrons. The highest BCUT2D eigenvalue weighted by atomic mass is 16.5. The maximum absolute atomic E-state index is 11.8. The van der Waals surface area contributed by atoms with Gasteiger partial charge < -0.3 is 15.2 Å². The molecule has 1 aromatic rings. The lowest BCUT2D eigenvalue weighted by Crippen LogP contribution is -2.32. The Balaban J connectivity index is 2.25. The number of methoxy groups -OCH3 is 1. The van der Waals surface area contributed by atoms with Gasteiger partial charge in [-0.15, -0.1) is 0 Å². The molecule has 0 aliphatic rings. The maximum Gasteiger partial charge on any atom is 0.220 e. The fourth-order valence-corrected chi connectivity index (χ4v) is 1.92. The number of hydrogen-bond donors (Lipinski definition) is 2. The normalized spacial score (nSPS) is 12.8. The van der Waals surface area contributed by atoms with E-state index in [0.29, 0.717) is 25.8 Å². The Hall–Kier alpha value is -1.55. The summed E-state index contributed by atoms with van der Waals surface area (Å²) in [6, 6.07) is 7.73. The van der Waals surface area contributed by atoms with Crippen LogP contribution in [0.4, 0.5) is 0 Å². The number of benzene rings is 1. The van der Waals surface area contributed by atoms with E-state index in [-0.39, 0.29) is 11.3 Å². The monoisotopic (exact) mass is 293 g/mol. The summed E-state index contributed by atoms with van der Waals surface area (Å²) in [5.41, 5.74) is 0.967. The third-order valence-electron chi connectivity index (χ3n) is 3.54. The molecule has 0 bridgehead atoms. The van der Waals surface area contributed by atoms with Crippen molar-refractivity contribution in [1.29, 1.82) is 0 Å². The fourth-order valence-electron chi connectivity index (χ4n) is 1.92. The Labute approximate surface area is 127 Å². The maximum atomic E-state index is 11.8. The van der Waals surface area contributed by atoms with Crippen molar-refractivity contribution >= 4 is 5.91 Å². The molecule has 1 amide bonds. The van der Waals surface area contributed by atoms with E-state index in [1.165, 1.54) is 0 Å². The molecule has 0 saturated carbocycles. The highest BCUT2D eigenvalue weighted by Gasteiger charge is 2.21. The first-order valence-corrected chi connectivity index (χ1v) is 7.40. The summed E-state index contributed by atoms with van der Waals surface area (Å²) in [6.07, 6.45) is 1.34. The molecule has 1 rings (SSSR count). The van der Waals surface area contributed by atoms with Gasteiger partial charge >= 0.3 is 0 Å². The van der Waals surface area contributed by atoms with Crippen molar-refractivity contribution in [2.45, 2.75) is 46.1 Å². The molecule has 118 valence electrons. The number of nitrogens with one attached hydrogen (secondary N) is 1. The van der Waals surface area contributed by atoms with Gasteiger partial charge in [-0.25, -0.2) is 0 Å². The Bertz CT molecular complexity index is 434. The Morgan fingerprint density at radius 2 is 1.90 bits per heavy atom. The number of aliphatic hydroxyl groups excluding tert-OH is 1. The summed E-state index contributed by atoms with van der Waals surface area (Å²) in [4.78, 5) is 11.8. The number of carbonyl (C=O) groups is 1. The third kappa shape index (κ3) is 6.63. The SMILES string of the molecule is COc1ccc(CCC(=O)NCCC(O)C(C)(C)C)cc1. The first kappa shape index (κ1) is 17.5. The van der Waals surface area contributed by atoms with Crippen LogP contribution >= 0.6 is 0 Å². The average molecular weight is 293 g/mol. The third-order valence-corrected chi connectivity index (χ3v) is 3.54. The van der Waals surface area contributed by atoms with Crippen LogP contribution in [0, 0.1) is 5.41 Å². The molecule has 0 spiro atoms. The van der Waals surface area contributed by atoms with Crippen molar-refractivity contribution in [2.75, 3.05) is 13.7 Å². The average Bonchev–Trinajstić information content (AvgIpc) is 2.44. The second kappa shape index (κ2) is 8.03. The molecule has 21 heavy (non-hydrogen) atoms. The molecular weight excluding hydrogens is 266 g/mol. The van der Waals surface area contributed by atoms with Crippen molar-refractivity contribution in [3.63, 3.8) is 0 Å². The highest BCUT2D eigenvalue weighted by molar-refractivity contribution is 5.76. The van der Waals surface area contributed by atoms with Gasteiger partial charge in [-0.2, -0.15) is 0 Å². The lowest BCUT2D eigenvalue weighted by molar-refractivity contribution is -0.121. The topological polar surface area (TPSA) is 58.6 Å². The standard InChI is InChI=1S/C17H27NO3/c1-17(2,3)15(19)11-12-18-16(20)10-7-13-5-8-14(21-4)9-6-13/h5-6,8-9,15,19H,7,10-12H2,1-4H3,(H,18,20). The summed E-state index contributed by atoms with van der Waals surface area (Å²) in [7, 11) is 1.63. The van der Waals surface area contributed by atoms with Crippen LogP contribution in [-0.2, 0) is 11.2 Å². The van der Waals surface area contributed by atoms with Gasteiger partial charge in [0, 0.05) is 13.0 Å². The van der Waals surface area contributed by atoms with Crippen LogP contribution in [0.15, 0.2) is 24.3 Å². The number of rotatable bonds is 7. The summed E-state index contributed by atoms with van der Waals surface area (Å²) < 4.78 is 5.09. The second-order valence-corrected chi connectivity index (χ2v) is 6.37. The zero-order valence-electron chi connectivity index (χ0n) is 13.5. The van der Waals surface area contributed by atoms with Crippen LogP contribution in [0.1, 0.15) is 39.2 Å². The van der Waals surface area contributed by atoms with E-state index in [2.05, 4.69) is 5.32 Å². The van der Waals surface area contributed by atoms with Crippen LogP contribution in [0.2, 0.25) is 0 Å². The molecule has 0 aromatic heterocycles. The molecule has 2 N–H and O–H groups in total. The van der Waals surface area contributed by atoms with Crippen molar-refractivity contribution < 1.29 is 14.6 Å². The number of amides is 1. The molecule has 1 unspecified atom stereocenters. The summed E-state index contributed by atoms with van der Waals surface area (Å²) in [5.74, 6) is 0.839. The van der Waals surface area contributed by atoms with Crippen LogP contribution < -0.4 is 10.1 Å². The van der Waals surface area contributed by atoms with Crippen LogP contribution in [0.25, 0.3) is 0 Å². The molecular formula is C17H27NO3. The molecule has 0 aliphatic carbocycles. The van der Waals surface area contributed by atoms with Crippen LogP contribution in [-0.4, -0.2) is 30.8 Å². The van der Waals surface area contributed by atoms with Crippen LogP contribution in [0.5, 0.6) is 5.75 Å². The Morgan fingerprint density at radius 1 is 1.29 bits per heavy atom. The lowest BCUT2D eigenvalue weighted by atomic mass is 9.87. The molecule has 0 fully saturated rings. The molecule has 4 heteroatoms. The van der Waals surface area contributed by atoms with E-state index in [9.17, 15) is 9.90 Å². The number of hydrogen-bond acceptors (Lipinski definition) is 3. The van der Waals surface area contributed by atoms with E-state index in [1.54, 1.807) is 7.11 Å². The predicted octanol–water partition coefficient (Wildman–Crippen LogP) is 2.54. The Morgan fingerprint density at radius 3 is 2.43 bits per heavy atom.